The van der Waals surface area contributed by atoms with Gasteiger partial charge in [0, 0.05) is 18.7 Å². The number of aromatic nitrogens is 3. The molecule has 4 rings (SSSR count). The average Bonchev–Trinajstić information content (AvgIpc) is 3.01. The molecule has 2 unspecified atom stereocenters. The largest absolute Gasteiger partial charge is 0.339 e. The number of carbonyl (C=O) groups is 1. The third-order valence-corrected chi connectivity index (χ3v) is 6.14. The van der Waals surface area contributed by atoms with E-state index in [2.05, 4.69) is 15.2 Å². The van der Waals surface area contributed by atoms with Gasteiger partial charge in [-0.2, -0.15) is 4.09 Å². The number of amides is 1. The highest BCUT2D eigenvalue weighted by molar-refractivity contribution is 7.98. The highest BCUT2D eigenvalue weighted by Crippen LogP contribution is 2.35. The van der Waals surface area contributed by atoms with Gasteiger partial charge in [-0.3, -0.25) is 4.79 Å². The first-order valence-corrected chi connectivity index (χ1v) is 9.60. The molecule has 1 aliphatic carbocycles. The van der Waals surface area contributed by atoms with Crippen molar-refractivity contribution in [1.29, 1.82) is 0 Å². The average molecular weight is 348 g/mol. The summed E-state index contributed by atoms with van der Waals surface area (Å²) in [7, 11) is 0. The van der Waals surface area contributed by atoms with E-state index < -0.39 is 0 Å². The fourth-order valence-corrected chi connectivity index (χ4v) is 4.87. The minimum atomic E-state index is -0.320. The molecule has 2 aromatic rings. The van der Waals surface area contributed by atoms with E-state index in [1.54, 1.807) is 10.2 Å². The lowest BCUT2D eigenvalue weighted by atomic mass is 9.78. The van der Waals surface area contributed by atoms with Crippen LogP contribution in [0.15, 0.2) is 18.2 Å². The predicted molar refractivity (Wildman–Crippen MR) is 92.0 cm³/mol. The summed E-state index contributed by atoms with van der Waals surface area (Å²) in [5.41, 5.74) is 1.25. The Balaban J connectivity index is 1.44. The summed E-state index contributed by atoms with van der Waals surface area (Å²) >= 11 is 1.29. The number of nitrogens with zero attached hydrogens (tertiary/aromatic N) is 4. The SMILES string of the molecule is O=C(CSn1nnc2ccc(F)cc21)N1CCCC2CCCCC21. The predicted octanol–water partition coefficient (Wildman–Crippen LogP) is 3.25. The van der Waals surface area contributed by atoms with Gasteiger partial charge in [0.25, 0.3) is 0 Å². The molecule has 2 atom stereocenters. The first kappa shape index (κ1) is 15.9. The molecule has 2 heterocycles. The summed E-state index contributed by atoms with van der Waals surface area (Å²) in [4.78, 5) is 14.8. The lowest BCUT2D eigenvalue weighted by molar-refractivity contribution is -0.134. The maximum absolute atomic E-state index is 13.4. The van der Waals surface area contributed by atoms with Crippen LogP contribution in [0.4, 0.5) is 4.39 Å². The van der Waals surface area contributed by atoms with Gasteiger partial charge in [-0.05, 0) is 55.7 Å². The third kappa shape index (κ3) is 3.01. The van der Waals surface area contributed by atoms with Gasteiger partial charge in [-0.25, -0.2) is 4.39 Å². The highest BCUT2D eigenvalue weighted by Gasteiger charge is 2.35. The first-order chi connectivity index (χ1) is 11.7. The fraction of sp³-hybridized carbons (Fsp3) is 0.588. The molecule has 0 spiro atoms. The van der Waals surface area contributed by atoms with Crippen LogP contribution in [0.5, 0.6) is 0 Å². The van der Waals surface area contributed by atoms with E-state index in [9.17, 15) is 9.18 Å². The Morgan fingerprint density at radius 3 is 3.00 bits per heavy atom. The smallest absolute Gasteiger partial charge is 0.234 e. The van der Waals surface area contributed by atoms with E-state index in [0.29, 0.717) is 28.7 Å². The lowest BCUT2D eigenvalue weighted by Crippen LogP contribution is -2.50. The molecule has 1 amide bonds. The van der Waals surface area contributed by atoms with Gasteiger partial charge in [0.2, 0.25) is 5.91 Å². The van der Waals surface area contributed by atoms with Crippen LogP contribution in [0.1, 0.15) is 38.5 Å². The Kier molecular flexibility index (Phi) is 4.43. The van der Waals surface area contributed by atoms with Crippen LogP contribution >= 0.6 is 11.9 Å². The van der Waals surface area contributed by atoms with E-state index >= 15 is 0 Å². The summed E-state index contributed by atoms with van der Waals surface area (Å²) in [5.74, 6) is 0.844. The van der Waals surface area contributed by atoms with E-state index in [1.807, 2.05) is 0 Å². The highest BCUT2D eigenvalue weighted by atomic mass is 32.2. The number of hydrogen-bond acceptors (Lipinski definition) is 4. The lowest BCUT2D eigenvalue weighted by Gasteiger charge is -2.44. The second-order valence-electron chi connectivity index (χ2n) is 6.71. The standard InChI is InChI=1S/C17H21FN4OS/c18-13-7-8-14-16(10-13)22(20-19-14)24-11-17(23)21-9-3-5-12-4-1-2-6-15(12)21/h7-8,10,12,15H,1-6,9,11H2. The number of benzene rings is 1. The van der Waals surface area contributed by atoms with Crippen LogP contribution in [0, 0.1) is 11.7 Å². The zero-order valence-electron chi connectivity index (χ0n) is 13.5. The number of rotatable bonds is 3. The molecular weight excluding hydrogens is 327 g/mol. The van der Waals surface area contributed by atoms with Crippen LogP contribution < -0.4 is 0 Å². The van der Waals surface area contributed by atoms with Crippen LogP contribution in [0.3, 0.4) is 0 Å². The van der Waals surface area contributed by atoms with Crippen molar-refractivity contribution in [3.63, 3.8) is 0 Å². The van der Waals surface area contributed by atoms with Crippen molar-refractivity contribution in [3.05, 3.63) is 24.0 Å². The minimum absolute atomic E-state index is 0.164. The zero-order valence-corrected chi connectivity index (χ0v) is 14.3. The van der Waals surface area contributed by atoms with E-state index in [4.69, 9.17) is 0 Å². The van der Waals surface area contributed by atoms with Crippen molar-refractivity contribution >= 4 is 28.9 Å². The van der Waals surface area contributed by atoms with Crippen molar-refractivity contribution in [2.45, 2.75) is 44.6 Å². The topological polar surface area (TPSA) is 51.0 Å². The maximum atomic E-state index is 13.4. The zero-order chi connectivity index (χ0) is 16.5. The molecule has 128 valence electrons. The Bertz CT molecular complexity index is 747. The molecule has 1 aromatic carbocycles. The van der Waals surface area contributed by atoms with Crippen molar-refractivity contribution in [3.8, 4) is 0 Å². The second-order valence-corrected chi connectivity index (χ2v) is 7.60. The molecule has 1 aliphatic heterocycles. The van der Waals surface area contributed by atoms with E-state index in [0.717, 1.165) is 19.4 Å². The van der Waals surface area contributed by atoms with Gasteiger partial charge in [-0.1, -0.05) is 18.1 Å². The van der Waals surface area contributed by atoms with Crippen molar-refractivity contribution in [2.75, 3.05) is 12.3 Å². The molecule has 1 saturated carbocycles. The fourth-order valence-electron chi connectivity index (χ4n) is 4.10. The van der Waals surface area contributed by atoms with Gasteiger partial charge < -0.3 is 4.90 Å². The van der Waals surface area contributed by atoms with Gasteiger partial charge in [0.15, 0.2) is 0 Å². The summed E-state index contributed by atoms with van der Waals surface area (Å²) in [5, 5.41) is 8.04. The Hall–Kier alpha value is -1.63. The monoisotopic (exact) mass is 348 g/mol. The summed E-state index contributed by atoms with van der Waals surface area (Å²) < 4.78 is 15.0. The van der Waals surface area contributed by atoms with Gasteiger partial charge in [-0.15, -0.1) is 5.10 Å². The molecule has 2 aliphatic rings. The van der Waals surface area contributed by atoms with Crippen molar-refractivity contribution in [2.24, 2.45) is 5.92 Å². The Morgan fingerprint density at radius 2 is 2.08 bits per heavy atom. The molecule has 7 heteroatoms. The molecular formula is C17H21FN4OS. The Labute approximate surface area is 144 Å². The minimum Gasteiger partial charge on any atom is -0.339 e. The number of carbonyl (C=O) groups excluding carboxylic acids is 1. The molecule has 24 heavy (non-hydrogen) atoms. The van der Waals surface area contributed by atoms with Crippen LogP contribution in [-0.2, 0) is 4.79 Å². The molecule has 2 fully saturated rings. The summed E-state index contributed by atoms with van der Waals surface area (Å²) in [6.45, 7) is 0.868. The summed E-state index contributed by atoms with van der Waals surface area (Å²) in [6.07, 6.45) is 7.29. The summed E-state index contributed by atoms with van der Waals surface area (Å²) in [6, 6.07) is 4.80. The normalized spacial score (nSPS) is 24.1. The molecule has 1 saturated heterocycles. The Morgan fingerprint density at radius 1 is 1.25 bits per heavy atom. The quantitative estimate of drug-likeness (QED) is 0.854. The van der Waals surface area contributed by atoms with Crippen molar-refractivity contribution in [1.82, 2.24) is 19.3 Å². The van der Waals surface area contributed by atoms with Crippen LogP contribution in [0.25, 0.3) is 11.0 Å². The molecule has 0 bridgehead atoms. The number of fused-ring (bicyclic) bond motifs is 2. The van der Waals surface area contributed by atoms with Gasteiger partial charge in [0.05, 0.1) is 5.75 Å². The van der Waals surface area contributed by atoms with Crippen LogP contribution in [0.2, 0.25) is 0 Å². The van der Waals surface area contributed by atoms with E-state index in [-0.39, 0.29) is 11.7 Å². The maximum Gasteiger partial charge on any atom is 0.234 e. The van der Waals surface area contributed by atoms with Gasteiger partial charge >= 0.3 is 0 Å². The number of halogens is 1. The third-order valence-electron chi connectivity index (χ3n) is 5.25. The van der Waals surface area contributed by atoms with Crippen molar-refractivity contribution < 1.29 is 9.18 Å². The number of piperidine rings is 1. The van der Waals surface area contributed by atoms with E-state index in [1.165, 1.54) is 49.8 Å². The first-order valence-electron chi connectivity index (χ1n) is 8.66. The second kappa shape index (κ2) is 6.70. The number of hydrogen-bond donors (Lipinski definition) is 0. The molecule has 1 aromatic heterocycles. The molecule has 0 radical (unpaired) electrons. The van der Waals surface area contributed by atoms with Gasteiger partial charge in [0.1, 0.15) is 16.9 Å². The molecule has 0 N–H and O–H groups in total. The number of likely N-dealkylation sites (tertiary alicyclic amines) is 1. The van der Waals surface area contributed by atoms with Crippen LogP contribution in [-0.4, -0.2) is 43.5 Å². The molecule has 5 nitrogen and oxygen atoms in total.